The lowest BCUT2D eigenvalue weighted by Gasteiger charge is -2.20. The fourth-order valence-electron chi connectivity index (χ4n) is 1.99. The molecule has 5 heteroatoms. The van der Waals surface area contributed by atoms with E-state index in [1.54, 1.807) is 18.6 Å². The molecule has 2 aromatic heterocycles. The van der Waals surface area contributed by atoms with Gasteiger partial charge in [-0.1, -0.05) is 0 Å². The molecule has 1 unspecified atom stereocenters. The maximum Gasteiger partial charge on any atom is 0.128 e. The maximum atomic E-state index is 5.93. The van der Waals surface area contributed by atoms with Crippen molar-refractivity contribution in [2.45, 2.75) is 19.9 Å². The van der Waals surface area contributed by atoms with Crippen molar-refractivity contribution in [1.29, 1.82) is 0 Å². The summed E-state index contributed by atoms with van der Waals surface area (Å²) in [7, 11) is 0. The van der Waals surface area contributed by atoms with Crippen LogP contribution in [-0.4, -0.2) is 9.97 Å². The van der Waals surface area contributed by atoms with Gasteiger partial charge in [0.1, 0.15) is 5.82 Å². The van der Waals surface area contributed by atoms with Crippen LogP contribution in [-0.2, 0) is 0 Å². The summed E-state index contributed by atoms with van der Waals surface area (Å²) in [6, 6.07) is 3.74. The first-order chi connectivity index (χ1) is 8.63. The Labute approximate surface area is 106 Å². The van der Waals surface area contributed by atoms with E-state index in [0.717, 1.165) is 22.3 Å². The molecule has 0 aromatic carbocycles. The summed E-state index contributed by atoms with van der Waals surface area (Å²) in [5, 5.41) is 0. The largest absolute Gasteiger partial charge is 0.383 e. The third-order valence-electron chi connectivity index (χ3n) is 2.94. The van der Waals surface area contributed by atoms with Crippen molar-refractivity contribution in [2.75, 3.05) is 5.73 Å². The molecular formula is C13H17N5. The number of anilines is 1. The highest BCUT2D eigenvalue weighted by molar-refractivity contribution is 5.48. The van der Waals surface area contributed by atoms with Gasteiger partial charge in [-0.05, 0) is 42.7 Å². The fraction of sp³-hybridized carbons (Fsp3) is 0.231. The molecule has 2 heterocycles. The summed E-state index contributed by atoms with van der Waals surface area (Å²) in [5.41, 5.74) is 12.8. The number of pyridine rings is 2. The van der Waals surface area contributed by atoms with Crippen molar-refractivity contribution in [3.05, 3.63) is 53.0 Å². The average Bonchev–Trinajstić information content (AvgIpc) is 2.36. The zero-order valence-electron chi connectivity index (χ0n) is 10.5. The van der Waals surface area contributed by atoms with Crippen molar-refractivity contribution in [3.63, 3.8) is 0 Å². The highest BCUT2D eigenvalue weighted by Crippen LogP contribution is 2.27. The molecule has 2 aromatic rings. The molecule has 2 rings (SSSR count). The molecule has 0 aliphatic rings. The Morgan fingerprint density at radius 1 is 1.22 bits per heavy atom. The Balaban J connectivity index is 2.52. The summed E-state index contributed by atoms with van der Waals surface area (Å²) >= 11 is 0. The highest BCUT2D eigenvalue weighted by atomic mass is 15.2. The maximum absolute atomic E-state index is 5.93. The molecule has 0 fully saturated rings. The van der Waals surface area contributed by atoms with Crippen LogP contribution in [0.3, 0.4) is 0 Å². The molecular weight excluding hydrogens is 226 g/mol. The summed E-state index contributed by atoms with van der Waals surface area (Å²) in [6.45, 7) is 3.97. The van der Waals surface area contributed by atoms with Crippen molar-refractivity contribution in [1.82, 2.24) is 15.4 Å². The summed E-state index contributed by atoms with van der Waals surface area (Å²) < 4.78 is 0. The minimum atomic E-state index is -0.180. The van der Waals surface area contributed by atoms with E-state index < -0.39 is 0 Å². The molecule has 18 heavy (non-hydrogen) atoms. The van der Waals surface area contributed by atoms with Gasteiger partial charge >= 0.3 is 0 Å². The monoisotopic (exact) mass is 243 g/mol. The molecule has 5 nitrogen and oxygen atoms in total. The fourth-order valence-corrected chi connectivity index (χ4v) is 1.99. The van der Waals surface area contributed by atoms with Crippen molar-refractivity contribution in [3.8, 4) is 0 Å². The number of rotatable bonds is 3. The summed E-state index contributed by atoms with van der Waals surface area (Å²) in [4.78, 5) is 8.25. The van der Waals surface area contributed by atoms with Gasteiger partial charge < -0.3 is 5.73 Å². The van der Waals surface area contributed by atoms with Crippen LogP contribution in [0.1, 0.15) is 28.3 Å². The number of hydrogen-bond acceptors (Lipinski definition) is 5. The van der Waals surface area contributed by atoms with Gasteiger partial charge in [0.2, 0.25) is 0 Å². The van der Waals surface area contributed by atoms with Crippen LogP contribution in [0, 0.1) is 13.8 Å². The number of nitrogens with one attached hydrogen (secondary N) is 1. The first-order valence-corrected chi connectivity index (χ1v) is 5.72. The van der Waals surface area contributed by atoms with Gasteiger partial charge in [0.05, 0.1) is 6.04 Å². The number of nitrogens with zero attached hydrogens (tertiary/aromatic N) is 2. The standard InChI is InChI=1S/C13H17N5/c1-8-5-11(13(14)17-6-8)12(18-15)10-3-4-16-7-9(10)2/h3-7,12,18H,15H2,1-2H3,(H2,14,17). The third kappa shape index (κ3) is 2.32. The van der Waals surface area contributed by atoms with Crippen LogP contribution >= 0.6 is 0 Å². The third-order valence-corrected chi connectivity index (χ3v) is 2.94. The van der Waals surface area contributed by atoms with Gasteiger partial charge in [0, 0.05) is 24.2 Å². The van der Waals surface area contributed by atoms with E-state index in [4.69, 9.17) is 11.6 Å². The van der Waals surface area contributed by atoms with Gasteiger partial charge in [-0.25, -0.2) is 10.4 Å². The van der Waals surface area contributed by atoms with Gasteiger partial charge in [0.15, 0.2) is 0 Å². The number of aromatic nitrogens is 2. The predicted octanol–water partition coefficient (Wildman–Crippen LogP) is 1.23. The highest BCUT2D eigenvalue weighted by Gasteiger charge is 2.17. The second-order valence-corrected chi connectivity index (χ2v) is 4.32. The molecule has 94 valence electrons. The number of nitrogens with two attached hydrogens (primary N) is 2. The topological polar surface area (TPSA) is 89.8 Å². The molecule has 0 spiro atoms. The number of hydrazine groups is 1. The second-order valence-electron chi connectivity index (χ2n) is 4.32. The molecule has 0 saturated heterocycles. The number of aryl methyl sites for hydroxylation is 2. The minimum Gasteiger partial charge on any atom is -0.383 e. The molecule has 0 amide bonds. The zero-order valence-corrected chi connectivity index (χ0v) is 10.5. The molecule has 1 atom stereocenters. The first kappa shape index (κ1) is 12.5. The van der Waals surface area contributed by atoms with Crippen LogP contribution in [0.15, 0.2) is 30.7 Å². The van der Waals surface area contributed by atoms with Crippen molar-refractivity contribution < 1.29 is 0 Å². The predicted molar refractivity (Wildman–Crippen MR) is 71.5 cm³/mol. The summed E-state index contributed by atoms with van der Waals surface area (Å²) in [6.07, 6.45) is 5.29. The van der Waals surface area contributed by atoms with E-state index in [1.165, 1.54) is 0 Å². The minimum absolute atomic E-state index is 0.180. The summed E-state index contributed by atoms with van der Waals surface area (Å²) in [5.74, 6) is 6.16. The normalized spacial score (nSPS) is 12.4. The quantitative estimate of drug-likeness (QED) is 0.557. The molecule has 0 aliphatic heterocycles. The van der Waals surface area contributed by atoms with E-state index in [0.29, 0.717) is 5.82 Å². The average molecular weight is 243 g/mol. The Hall–Kier alpha value is -1.98. The van der Waals surface area contributed by atoms with Crippen LogP contribution in [0.2, 0.25) is 0 Å². The Bertz CT molecular complexity index is 553. The number of hydrogen-bond donors (Lipinski definition) is 3. The SMILES string of the molecule is Cc1cnc(N)c(C(NN)c2ccncc2C)c1. The lowest BCUT2D eigenvalue weighted by Crippen LogP contribution is -2.30. The lowest BCUT2D eigenvalue weighted by molar-refractivity contribution is 0.632. The van der Waals surface area contributed by atoms with Gasteiger partial charge in [-0.3, -0.25) is 10.8 Å². The Morgan fingerprint density at radius 2 is 2.00 bits per heavy atom. The van der Waals surface area contributed by atoms with Gasteiger partial charge in [-0.2, -0.15) is 0 Å². The zero-order chi connectivity index (χ0) is 13.1. The smallest absolute Gasteiger partial charge is 0.128 e. The molecule has 0 aliphatic carbocycles. The van der Waals surface area contributed by atoms with Crippen LogP contribution in [0.4, 0.5) is 5.82 Å². The van der Waals surface area contributed by atoms with E-state index >= 15 is 0 Å². The molecule has 5 N–H and O–H groups in total. The Morgan fingerprint density at radius 3 is 2.67 bits per heavy atom. The molecule has 0 radical (unpaired) electrons. The lowest BCUT2D eigenvalue weighted by atomic mass is 9.96. The molecule has 0 bridgehead atoms. The Kier molecular flexibility index (Phi) is 3.55. The van der Waals surface area contributed by atoms with Crippen LogP contribution in [0.5, 0.6) is 0 Å². The van der Waals surface area contributed by atoms with E-state index in [-0.39, 0.29) is 6.04 Å². The van der Waals surface area contributed by atoms with Crippen molar-refractivity contribution >= 4 is 5.82 Å². The van der Waals surface area contributed by atoms with Crippen LogP contribution in [0.25, 0.3) is 0 Å². The van der Waals surface area contributed by atoms with Gasteiger partial charge in [0.25, 0.3) is 0 Å². The number of nitrogen functional groups attached to an aromatic ring is 1. The van der Waals surface area contributed by atoms with Crippen molar-refractivity contribution in [2.24, 2.45) is 5.84 Å². The molecule has 0 saturated carbocycles. The van der Waals surface area contributed by atoms with Crippen LogP contribution < -0.4 is 17.0 Å². The van der Waals surface area contributed by atoms with E-state index in [2.05, 4.69) is 15.4 Å². The van der Waals surface area contributed by atoms with E-state index in [9.17, 15) is 0 Å². The second kappa shape index (κ2) is 5.12. The van der Waals surface area contributed by atoms with E-state index in [1.807, 2.05) is 26.0 Å². The van der Waals surface area contributed by atoms with Gasteiger partial charge in [-0.15, -0.1) is 0 Å². The first-order valence-electron chi connectivity index (χ1n) is 5.72.